The van der Waals surface area contributed by atoms with Gasteiger partial charge in [-0.15, -0.1) is 0 Å². The fraction of sp³-hybridized carbons (Fsp3) is 0.333. The van der Waals surface area contributed by atoms with Crippen molar-refractivity contribution >= 4 is 5.69 Å². The molecule has 28 heavy (non-hydrogen) atoms. The average Bonchev–Trinajstić information content (AvgIpc) is 2.77. The number of nitriles is 2. The number of hydrogen-bond donors (Lipinski definition) is 0. The van der Waals surface area contributed by atoms with E-state index < -0.39 is 0 Å². The van der Waals surface area contributed by atoms with Crippen LogP contribution >= 0.6 is 0 Å². The van der Waals surface area contributed by atoms with Crippen LogP contribution in [0.15, 0.2) is 66.4 Å². The zero-order chi connectivity index (χ0) is 19.6. The van der Waals surface area contributed by atoms with Gasteiger partial charge in [-0.25, -0.2) is 0 Å². The lowest BCUT2D eigenvalue weighted by atomic mass is 9.84. The van der Waals surface area contributed by atoms with Crippen molar-refractivity contribution in [1.82, 2.24) is 0 Å². The Morgan fingerprint density at radius 2 is 1.71 bits per heavy atom. The minimum Gasteiger partial charge on any atom is -0.489 e. The monoisotopic (exact) mass is 371 g/mol. The summed E-state index contributed by atoms with van der Waals surface area (Å²) < 4.78 is 5.83. The van der Waals surface area contributed by atoms with Crippen molar-refractivity contribution in [2.24, 2.45) is 5.92 Å². The molecule has 0 radical (unpaired) electrons. The quantitative estimate of drug-likeness (QED) is 0.471. The lowest BCUT2D eigenvalue weighted by Crippen LogP contribution is -2.19. The fourth-order valence-corrected chi connectivity index (χ4v) is 3.57. The number of benzene rings is 2. The second-order valence-corrected chi connectivity index (χ2v) is 7.09. The number of hydrogen-bond acceptors (Lipinski definition) is 4. The normalized spacial score (nSPS) is 14.7. The summed E-state index contributed by atoms with van der Waals surface area (Å²) >= 11 is 0. The Bertz CT molecular complexity index is 853. The first-order valence-corrected chi connectivity index (χ1v) is 9.82. The molecule has 4 heteroatoms. The van der Waals surface area contributed by atoms with Gasteiger partial charge in [0.15, 0.2) is 0 Å². The van der Waals surface area contributed by atoms with Crippen LogP contribution in [-0.4, -0.2) is 6.54 Å². The van der Waals surface area contributed by atoms with Gasteiger partial charge in [-0.05, 0) is 48.6 Å². The van der Waals surface area contributed by atoms with E-state index in [0.717, 1.165) is 35.4 Å². The lowest BCUT2D eigenvalue weighted by molar-refractivity contribution is 0.306. The van der Waals surface area contributed by atoms with Gasteiger partial charge in [0, 0.05) is 17.5 Å². The maximum atomic E-state index is 9.62. The summed E-state index contributed by atoms with van der Waals surface area (Å²) in [5, 5.41) is 18.8. The highest BCUT2D eigenvalue weighted by Gasteiger charge is 2.19. The van der Waals surface area contributed by atoms with E-state index in [0.29, 0.717) is 12.5 Å². The molecule has 2 aromatic rings. The molecule has 0 atom stereocenters. The molecule has 0 bridgehead atoms. The van der Waals surface area contributed by atoms with Crippen LogP contribution in [0, 0.1) is 28.6 Å². The third kappa shape index (κ3) is 5.38. The van der Waals surface area contributed by atoms with Gasteiger partial charge in [0.1, 0.15) is 18.9 Å². The summed E-state index contributed by atoms with van der Waals surface area (Å²) in [4.78, 5) is 1.86. The minimum absolute atomic E-state index is 0.210. The zero-order valence-corrected chi connectivity index (χ0v) is 16.1. The summed E-state index contributed by atoms with van der Waals surface area (Å²) in [6.07, 6.45) is 7.59. The Morgan fingerprint density at radius 1 is 1.00 bits per heavy atom. The highest BCUT2D eigenvalue weighted by Crippen LogP contribution is 2.30. The minimum atomic E-state index is 0.210. The van der Waals surface area contributed by atoms with Crippen LogP contribution < -0.4 is 9.64 Å². The number of nitrogens with zero attached hydrogens (tertiary/aromatic N) is 3. The predicted octanol–water partition coefficient (Wildman–Crippen LogP) is 5.58. The van der Waals surface area contributed by atoms with Crippen molar-refractivity contribution in [3.8, 4) is 17.9 Å². The van der Waals surface area contributed by atoms with E-state index in [9.17, 15) is 10.5 Å². The molecule has 0 spiro atoms. The number of allylic oxidation sites excluding steroid dienone is 1. The van der Waals surface area contributed by atoms with Crippen molar-refractivity contribution in [1.29, 1.82) is 10.5 Å². The van der Waals surface area contributed by atoms with Crippen LogP contribution in [0.4, 0.5) is 5.69 Å². The van der Waals surface area contributed by atoms with E-state index in [2.05, 4.69) is 12.1 Å². The highest BCUT2D eigenvalue weighted by atomic mass is 16.5. The molecule has 1 aliphatic rings. The molecule has 3 rings (SSSR count). The molecule has 0 aromatic heterocycles. The van der Waals surface area contributed by atoms with Crippen LogP contribution in [-0.2, 0) is 6.61 Å². The van der Waals surface area contributed by atoms with E-state index in [1.54, 1.807) is 0 Å². The Morgan fingerprint density at radius 3 is 2.36 bits per heavy atom. The topological polar surface area (TPSA) is 60.0 Å². The first kappa shape index (κ1) is 19.5. The Kier molecular flexibility index (Phi) is 7.10. The molecule has 1 aliphatic carbocycles. The van der Waals surface area contributed by atoms with E-state index >= 15 is 0 Å². The highest BCUT2D eigenvalue weighted by molar-refractivity contribution is 5.53. The second kappa shape index (κ2) is 10.2. The van der Waals surface area contributed by atoms with Gasteiger partial charge in [0.2, 0.25) is 0 Å². The number of rotatable bonds is 7. The summed E-state index contributed by atoms with van der Waals surface area (Å²) in [5.41, 5.74) is 2.78. The van der Waals surface area contributed by atoms with Crippen molar-refractivity contribution < 1.29 is 4.74 Å². The average molecular weight is 371 g/mol. The molecular formula is C24H25N3O. The standard InChI is InChI=1S/C24H25N3O/c25-15-16-27(18-22(17-26)21-9-5-2-6-10-21)23-11-13-24(14-12-23)28-19-20-7-3-1-4-8-20/h1,3-4,7-8,11-14,18,21H,2,5-6,9-10,16,19H2/b22-18+. The van der Waals surface area contributed by atoms with Crippen molar-refractivity contribution in [3.63, 3.8) is 0 Å². The molecule has 1 fully saturated rings. The summed E-state index contributed by atoms with van der Waals surface area (Å²) in [7, 11) is 0. The van der Waals surface area contributed by atoms with E-state index in [-0.39, 0.29) is 6.54 Å². The van der Waals surface area contributed by atoms with E-state index in [4.69, 9.17) is 4.74 Å². The first-order chi connectivity index (χ1) is 13.8. The number of ether oxygens (including phenoxy) is 1. The summed E-state index contributed by atoms with van der Waals surface area (Å²) in [5.74, 6) is 1.09. The Labute approximate surface area is 167 Å². The van der Waals surface area contributed by atoms with Gasteiger partial charge in [0.25, 0.3) is 0 Å². The van der Waals surface area contributed by atoms with Crippen LogP contribution in [0.2, 0.25) is 0 Å². The Balaban J connectivity index is 1.70. The van der Waals surface area contributed by atoms with Crippen LogP contribution in [0.3, 0.4) is 0 Å². The van der Waals surface area contributed by atoms with Gasteiger partial charge in [0.05, 0.1) is 12.1 Å². The maximum absolute atomic E-state index is 9.62. The van der Waals surface area contributed by atoms with Gasteiger partial charge in [-0.2, -0.15) is 10.5 Å². The van der Waals surface area contributed by atoms with Crippen molar-refractivity contribution in [3.05, 3.63) is 71.9 Å². The molecule has 4 nitrogen and oxygen atoms in total. The van der Waals surface area contributed by atoms with Gasteiger partial charge < -0.3 is 9.64 Å². The second-order valence-electron chi connectivity index (χ2n) is 7.09. The zero-order valence-electron chi connectivity index (χ0n) is 16.1. The molecule has 0 unspecified atom stereocenters. The maximum Gasteiger partial charge on any atom is 0.119 e. The smallest absolute Gasteiger partial charge is 0.119 e. The molecule has 0 amide bonds. The van der Waals surface area contributed by atoms with Crippen molar-refractivity contribution in [2.75, 3.05) is 11.4 Å². The molecule has 0 saturated heterocycles. The Hall–Kier alpha value is -3.24. The third-order valence-electron chi connectivity index (χ3n) is 5.13. The van der Waals surface area contributed by atoms with E-state index in [1.165, 1.54) is 19.3 Å². The SMILES string of the molecule is N#CCN(/C=C(\C#N)C1CCCCC1)c1ccc(OCc2ccccc2)cc1. The first-order valence-electron chi connectivity index (χ1n) is 9.82. The van der Waals surface area contributed by atoms with Gasteiger partial charge in [-0.3, -0.25) is 0 Å². The van der Waals surface area contributed by atoms with E-state index in [1.807, 2.05) is 65.7 Å². The van der Waals surface area contributed by atoms with Crippen LogP contribution in [0.1, 0.15) is 37.7 Å². The number of anilines is 1. The van der Waals surface area contributed by atoms with Crippen LogP contribution in [0.5, 0.6) is 5.75 Å². The fourth-order valence-electron chi connectivity index (χ4n) is 3.57. The molecule has 142 valence electrons. The predicted molar refractivity (Wildman–Crippen MR) is 110 cm³/mol. The van der Waals surface area contributed by atoms with Crippen LogP contribution in [0.25, 0.3) is 0 Å². The molecule has 0 aliphatic heterocycles. The molecular weight excluding hydrogens is 346 g/mol. The summed E-state index contributed by atoms with van der Waals surface area (Å²) in [6, 6.07) is 22.3. The van der Waals surface area contributed by atoms with Gasteiger partial charge >= 0.3 is 0 Å². The lowest BCUT2D eigenvalue weighted by Gasteiger charge is -2.24. The molecule has 0 heterocycles. The van der Waals surface area contributed by atoms with Crippen molar-refractivity contribution in [2.45, 2.75) is 38.7 Å². The largest absolute Gasteiger partial charge is 0.489 e. The molecule has 1 saturated carbocycles. The summed E-state index contributed by atoms with van der Waals surface area (Å²) in [6.45, 7) is 0.727. The third-order valence-corrected chi connectivity index (χ3v) is 5.13. The van der Waals surface area contributed by atoms with Gasteiger partial charge in [-0.1, -0.05) is 49.6 Å². The molecule has 2 aromatic carbocycles. The molecule has 0 N–H and O–H groups in total.